The highest BCUT2D eigenvalue weighted by molar-refractivity contribution is 5.98. The topological polar surface area (TPSA) is 63.2 Å². The van der Waals surface area contributed by atoms with Crippen molar-refractivity contribution < 1.29 is 9.53 Å². The molecule has 1 aliphatic heterocycles. The second-order valence-electron chi connectivity index (χ2n) is 5.41. The highest BCUT2D eigenvalue weighted by Crippen LogP contribution is 2.29. The number of hydrogen-bond donors (Lipinski definition) is 2. The number of nitrogens with one attached hydrogen (secondary N) is 2. The Balaban J connectivity index is 1.58. The van der Waals surface area contributed by atoms with Crippen LogP contribution in [0.1, 0.15) is 22.8 Å². The molecule has 114 valence electrons. The maximum absolute atomic E-state index is 12.2. The predicted octanol–water partition coefficient (Wildman–Crippen LogP) is 2.25. The predicted molar refractivity (Wildman–Crippen MR) is 85.3 cm³/mol. The average molecular weight is 297 g/mol. The molecule has 3 rings (SSSR count). The number of fused-ring (bicyclic) bond motifs is 1. The Morgan fingerprint density at radius 1 is 1.45 bits per heavy atom. The molecule has 0 spiro atoms. The number of hydrogen-bond acceptors (Lipinski definition) is 5. The number of pyridine rings is 1. The molecule has 0 saturated heterocycles. The minimum Gasteiger partial charge on any atom is -0.487 e. The molecule has 1 atom stereocenters. The third-order valence-electron chi connectivity index (χ3n) is 3.55. The van der Waals surface area contributed by atoms with Crippen molar-refractivity contribution in [3.8, 4) is 5.75 Å². The lowest BCUT2D eigenvalue weighted by Gasteiger charge is -2.25. The quantitative estimate of drug-likeness (QED) is 0.829. The normalized spacial score (nSPS) is 16.3. The van der Waals surface area contributed by atoms with Crippen LogP contribution in [0.2, 0.25) is 0 Å². The zero-order valence-corrected chi connectivity index (χ0v) is 12.5. The number of Topliss-reactive ketones (excluding diaryl/α,β-unsaturated/α-hetero) is 1. The van der Waals surface area contributed by atoms with Crippen molar-refractivity contribution >= 4 is 11.5 Å². The van der Waals surface area contributed by atoms with Gasteiger partial charge in [-0.05, 0) is 36.8 Å². The zero-order valence-electron chi connectivity index (χ0n) is 12.5. The van der Waals surface area contributed by atoms with Gasteiger partial charge in [0.1, 0.15) is 11.9 Å². The Morgan fingerprint density at radius 3 is 3.18 bits per heavy atom. The fraction of sp³-hybridized carbons (Fsp3) is 0.294. The summed E-state index contributed by atoms with van der Waals surface area (Å²) < 4.78 is 5.71. The van der Waals surface area contributed by atoms with E-state index in [-0.39, 0.29) is 11.9 Å². The Kier molecular flexibility index (Phi) is 4.34. The van der Waals surface area contributed by atoms with Gasteiger partial charge >= 0.3 is 0 Å². The summed E-state index contributed by atoms with van der Waals surface area (Å²) in [5, 5.41) is 6.43. The van der Waals surface area contributed by atoms with Crippen molar-refractivity contribution in [2.75, 3.05) is 18.4 Å². The second kappa shape index (κ2) is 6.58. The molecule has 0 saturated carbocycles. The van der Waals surface area contributed by atoms with Crippen LogP contribution in [0.25, 0.3) is 0 Å². The van der Waals surface area contributed by atoms with Crippen LogP contribution in [-0.4, -0.2) is 30.0 Å². The summed E-state index contributed by atoms with van der Waals surface area (Å²) in [6.07, 6.45) is 3.67. The molecule has 5 heteroatoms. The molecule has 2 heterocycles. The van der Waals surface area contributed by atoms with Crippen LogP contribution in [0.15, 0.2) is 42.7 Å². The van der Waals surface area contributed by atoms with Gasteiger partial charge in [0.05, 0.1) is 18.8 Å². The van der Waals surface area contributed by atoms with Gasteiger partial charge in [0, 0.05) is 24.5 Å². The summed E-state index contributed by atoms with van der Waals surface area (Å²) in [5.74, 6) is 0.866. The summed E-state index contributed by atoms with van der Waals surface area (Å²) in [5.41, 5.74) is 2.63. The Morgan fingerprint density at radius 2 is 2.36 bits per heavy atom. The summed E-state index contributed by atoms with van der Waals surface area (Å²) in [7, 11) is 0. The molecule has 22 heavy (non-hydrogen) atoms. The van der Waals surface area contributed by atoms with Crippen LogP contribution in [0, 0.1) is 0 Å². The molecular weight excluding hydrogens is 278 g/mol. The molecule has 0 amide bonds. The van der Waals surface area contributed by atoms with Crippen LogP contribution in [-0.2, 0) is 6.54 Å². The van der Waals surface area contributed by atoms with E-state index in [9.17, 15) is 4.79 Å². The van der Waals surface area contributed by atoms with Crippen LogP contribution in [0.4, 0.5) is 5.69 Å². The van der Waals surface area contributed by atoms with E-state index in [4.69, 9.17) is 4.74 Å². The summed E-state index contributed by atoms with van der Waals surface area (Å²) in [4.78, 5) is 16.3. The molecule has 2 N–H and O–H groups in total. The van der Waals surface area contributed by atoms with E-state index in [0.717, 1.165) is 23.5 Å². The van der Waals surface area contributed by atoms with Crippen molar-refractivity contribution in [1.82, 2.24) is 10.3 Å². The van der Waals surface area contributed by atoms with Gasteiger partial charge in [0.2, 0.25) is 0 Å². The van der Waals surface area contributed by atoms with Crippen molar-refractivity contribution in [1.29, 1.82) is 0 Å². The number of benzene rings is 1. The number of aromatic nitrogens is 1. The minimum atomic E-state index is 0.0621. The smallest absolute Gasteiger partial charge is 0.176 e. The SMILES string of the molecule is CC1CNc2cc(C(=O)CNCc3cccnc3)ccc2O1. The number of anilines is 1. The van der Waals surface area contributed by atoms with Gasteiger partial charge in [-0.3, -0.25) is 9.78 Å². The van der Waals surface area contributed by atoms with Crippen LogP contribution < -0.4 is 15.4 Å². The van der Waals surface area contributed by atoms with Gasteiger partial charge in [-0.2, -0.15) is 0 Å². The number of carbonyl (C=O) groups is 1. The first kappa shape index (κ1) is 14.5. The van der Waals surface area contributed by atoms with E-state index < -0.39 is 0 Å². The second-order valence-corrected chi connectivity index (χ2v) is 5.41. The molecule has 1 unspecified atom stereocenters. The standard InChI is InChI=1S/C17H19N3O2/c1-12-8-20-15-7-14(4-5-17(15)22-12)16(21)11-19-10-13-3-2-6-18-9-13/h2-7,9,12,19-20H,8,10-11H2,1H3. The molecule has 1 aromatic carbocycles. The maximum Gasteiger partial charge on any atom is 0.176 e. The lowest BCUT2D eigenvalue weighted by atomic mass is 10.1. The van der Waals surface area contributed by atoms with E-state index in [0.29, 0.717) is 18.7 Å². The van der Waals surface area contributed by atoms with Crippen LogP contribution >= 0.6 is 0 Å². The van der Waals surface area contributed by atoms with Gasteiger partial charge in [-0.25, -0.2) is 0 Å². The molecule has 0 radical (unpaired) electrons. The van der Waals surface area contributed by atoms with Crippen molar-refractivity contribution in [2.45, 2.75) is 19.6 Å². The molecule has 1 aliphatic rings. The van der Waals surface area contributed by atoms with Crippen molar-refractivity contribution in [3.63, 3.8) is 0 Å². The number of ether oxygens (including phenoxy) is 1. The van der Waals surface area contributed by atoms with Crippen LogP contribution in [0.3, 0.4) is 0 Å². The number of carbonyl (C=O) groups excluding carboxylic acids is 1. The number of ketones is 1. The number of rotatable bonds is 5. The lowest BCUT2D eigenvalue weighted by Crippen LogP contribution is -2.28. The Hall–Kier alpha value is -2.40. The van der Waals surface area contributed by atoms with E-state index in [1.807, 2.05) is 37.3 Å². The third kappa shape index (κ3) is 3.43. The van der Waals surface area contributed by atoms with Crippen molar-refractivity contribution in [2.24, 2.45) is 0 Å². The minimum absolute atomic E-state index is 0.0621. The monoisotopic (exact) mass is 297 g/mol. The van der Waals surface area contributed by atoms with Crippen LogP contribution in [0.5, 0.6) is 5.75 Å². The zero-order chi connectivity index (χ0) is 15.4. The Labute approximate surface area is 129 Å². The molecule has 0 bridgehead atoms. The summed E-state index contributed by atoms with van der Waals surface area (Å²) >= 11 is 0. The third-order valence-corrected chi connectivity index (χ3v) is 3.55. The number of nitrogens with zero attached hydrogens (tertiary/aromatic N) is 1. The molecule has 0 aliphatic carbocycles. The largest absolute Gasteiger partial charge is 0.487 e. The molecule has 0 fully saturated rings. The first-order chi connectivity index (χ1) is 10.7. The van der Waals surface area contributed by atoms with E-state index in [1.54, 1.807) is 12.4 Å². The molecule has 1 aromatic heterocycles. The summed E-state index contributed by atoms with van der Waals surface area (Å²) in [6, 6.07) is 9.38. The maximum atomic E-state index is 12.2. The Bertz CT molecular complexity index is 658. The lowest BCUT2D eigenvalue weighted by molar-refractivity contribution is 0.0990. The summed E-state index contributed by atoms with van der Waals surface area (Å²) in [6.45, 7) is 3.69. The first-order valence-corrected chi connectivity index (χ1v) is 7.40. The van der Waals surface area contributed by atoms with E-state index >= 15 is 0 Å². The molecule has 2 aromatic rings. The van der Waals surface area contributed by atoms with Gasteiger partial charge in [0.15, 0.2) is 5.78 Å². The van der Waals surface area contributed by atoms with Gasteiger partial charge in [-0.15, -0.1) is 0 Å². The van der Waals surface area contributed by atoms with Gasteiger partial charge in [-0.1, -0.05) is 6.07 Å². The van der Waals surface area contributed by atoms with E-state index in [2.05, 4.69) is 15.6 Å². The van der Waals surface area contributed by atoms with Gasteiger partial charge in [0.25, 0.3) is 0 Å². The fourth-order valence-electron chi connectivity index (χ4n) is 2.38. The molecule has 5 nitrogen and oxygen atoms in total. The van der Waals surface area contributed by atoms with Crippen molar-refractivity contribution in [3.05, 3.63) is 53.9 Å². The molecular formula is C17H19N3O2. The van der Waals surface area contributed by atoms with Gasteiger partial charge < -0.3 is 15.4 Å². The van der Waals surface area contributed by atoms with E-state index in [1.165, 1.54) is 0 Å². The highest BCUT2D eigenvalue weighted by atomic mass is 16.5. The average Bonchev–Trinajstić information content (AvgIpc) is 2.55. The first-order valence-electron chi connectivity index (χ1n) is 7.40. The highest BCUT2D eigenvalue weighted by Gasteiger charge is 2.17. The fourth-order valence-corrected chi connectivity index (χ4v) is 2.38.